The first-order valence-corrected chi connectivity index (χ1v) is 10.3. The minimum atomic E-state index is -0.679. The third kappa shape index (κ3) is 3.99. The van der Waals surface area contributed by atoms with Crippen LogP contribution in [0.2, 0.25) is 10.0 Å². The Hall–Kier alpha value is -1.93. The molecule has 0 bridgehead atoms. The van der Waals surface area contributed by atoms with E-state index < -0.39 is 17.5 Å². The lowest BCUT2D eigenvalue weighted by Gasteiger charge is -2.46. The van der Waals surface area contributed by atoms with E-state index in [4.69, 9.17) is 32.7 Å². The van der Waals surface area contributed by atoms with Crippen LogP contribution in [0.25, 0.3) is 0 Å². The zero-order valence-electron chi connectivity index (χ0n) is 16.2. The van der Waals surface area contributed by atoms with Crippen molar-refractivity contribution in [3.05, 3.63) is 63.1 Å². The molecule has 2 atom stereocenters. The van der Waals surface area contributed by atoms with Crippen molar-refractivity contribution in [2.75, 3.05) is 39.9 Å². The van der Waals surface area contributed by atoms with Crippen molar-refractivity contribution >= 4 is 29.1 Å². The minimum absolute atomic E-state index is 0.0256. The van der Waals surface area contributed by atoms with E-state index >= 15 is 0 Å². The Balaban J connectivity index is 1.46. The van der Waals surface area contributed by atoms with E-state index in [1.165, 1.54) is 25.3 Å². The average molecular weight is 457 g/mol. The molecular formula is C21H20Cl2F2N2O3. The Labute approximate surface area is 183 Å². The van der Waals surface area contributed by atoms with E-state index in [0.717, 1.165) is 5.56 Å². The van der Waals surface area contributed by atoms with E-state index in [9.17, 15) is 13.6 Å². The molecule has 160 valence electrons. The van der Waals surface area contributed by atoms with Crippen molar-refractivity contribution < 1.29 is 23.0 Å². The highest BCUT2D eigenvalue weighted by atomic mass is 35.5. The number of ether oxygens (including phenoxy) is 2. The Kier molecular flexibility index (Phi) is 6.16. The first kappa shape index (κ1) is 21.3. The normalized spacial score (nSPS) is 22.0. The van der Waals surface area contributed by atoms with Gasteiger partial charge in [0.05, 0.1) is 41.5 Å². The fraction of sp³-hybridized carbons (Fsp3) is 0.381. The zero-order valence-corrected chi connectivity index (χ0v) is 17.7. The molecule has 0 aliphatic carbocycles. The number of fused-ring (bicyclic) bond motifs is 1. The fourth-order valence-electron chi connectivity index (χ4n) is 3.93. The van der Waals surface area contributed by atoms with E-state index in [0.29, 0.717) is 32.8 Å². The fourth-order valence-corrected chi connectivity index (χ4v) is 4.43. The van der Waals surface area contributed by atoms with Gasteiger partial charge in [-0.1, -0.05) is 29.3 Å². The van der Waals surface area contributed by atoms with Gasteiger partial charge in [-0.25, -0.2) is 8.78 Å². The molecule has 2 saturated heterocycles. The highest BCUT2D eigenvalue weighted by molar-refractivity contribution is 6.35. The third-order valence-corrected chi connectivity index (χ3v) is 6.25. The third-order valence-electron chi connectivity index (χ3n) is 5.59. The maximum atomic E-state index is 14.3. The van der Waals surface area contributed by atoms with Crippen molar-refractivity contribution in [1.29, 1.82) is 0 Å². The van der Waals surface area contributed by atoms with Crippen molar-refractivity contribution in [1.82, 2.24) is 9.80 Å². The zero-order chi connectivity index (χ0) is 21.4. The summed E-state index contributed by atoms with van der Waals surface area (Å²) in [6.07, 6.45) is -0.230. The number of carbonyl (C=O) groups excluding carboxylic acids is 1. The molecule has 30 heavy (non-hydrogen) atoms. The van der Waals surface area contributed by atoms with Crippen LogP contribution in [-0.2, 0) is 4.74 Å². The number of piperazine rings is 1. The predicted octanol–water partition coefficient (Wildman–Crippen LogP) is 4.18. The average Bonchev–Trinajstić information content (AvgIpc) is 2.75. The van der Waals surface area contributed by atoms with Gasteiger partial charge in [-0.3, -0.25) is 9.69 Å². The largest absolute Gasteiger partial charge is 0.495 e. The highest BCUT2D eigenvalue weighted by Gasteiger charge is 2.37. The Morgan fingerprint density at radius 3 is 2.63 bits per heavy atom. The van der Waals surface area contributed by atoms with Crippen molar-refractivity contribution in [3.63, 3.8) is 0 Å². The SMILES string of the molecule is COc1ccc(F)c(C(=O)N2CCN3C[C@H](c4ccc(F)c(Cl)c4)OC[C@@H]3C2)c1Cl. The Bertz CT molecular complexity index is 976. The summed E-state index contributed by atoms with van der Waals surface area (Å²) in [6, 6.07) is 7.12. The van der Waals surface area contributed by atoms with Crippen LogP contribution in [0.15, 0.2) is 30.3 Å². The summed E-state index contributed by atoms with van der Waals surface area (Å²) < 4.78 is 38.8. The summed E-state index contributed by atoms with van der Waals surface area (Å²) >= 11 is 12.1. The first-order chi connectivity index (χ1) is 14.4. The monoisotopic (exact) mass is 456 g/mol. The molecule has 2 aliphatic rings. The smallest absolute Gasteiger partial charge is 0.258 e. The summed E-state index contributed by atoms with van der Waals surface area (Å²) in [4.78, 5) is 16.8. The maximum Gasteiger partial charge on any atom is 0.258 e. The second kappa shape index (κ2) is 8.67. The molecule has 0 spiro atoms. The molecule has 2 aromatic carbocycles. The number of rotatable bonds is 3. The van der Waals surface area contributed by atoms with Gasteiger partial charge in [0.15, 0.2) is 0 Å². The van der Waals surface area contributed by atoms with Gasteiger partial charge in [0, 0.05) is 26.2 Å². The molecule has 0 saturated carbocycles. The molecule has 5 nitrogen and oxygen atoms in total. The van der Waals surface area contributed by atoms with Gasteiger partial charge in [-0.05, 0) is 29.8 Å². The molecule has 2 heterocycles. The number of nitrogens with zero attached hydrogens (tertiary/aromatic N) is 2. The van der Waals surface area contributed by atoms with Crippen LogP contribution < -0.4 is 4.74 Å². The van der Waals surface area contributed by atoms with E-state index in [1.807, 2.05) is 0 Å². The second-order valence-corrected chi connectivity index (χ2v) is 8.12. The lowest BCUT2D eigenvalue weighted by Crippen LogP contribution is -2.59. The van der Waals surface area contributed by atoms with Gasteiger partial charge in [-0.2, -0.15) is 0 Å². The van der Waals surface area contributed by atoms with Crippen LogP contribution >= 0.6 is 23.2 Å². The molecule has 2 aliphatic heterocycles. The number of hydrogen-bond donors (Lipinski definition) is 0. The number of carbonyl (C=O) groups is 1. The molecule has 0 aromatic heterocycles. The number of hydrogen-bond acceptors (Lipinski definition) is 4. The lowest BCUT2D eigenvalue weighted by molar-refractivity contribution is -0.0858. The predicted molar refractivity (Wildman–Crippen MR) is 109 cm³/mol. The standard InChI is InChI=1S/C21H20Cl2F2N2O3/c1-29-17-5-4-16(25)19(20(17)23)21(28)27-7-6-26-10-18(30-11-13(26)9-27)12-2-3-15(24)14(22)8-12/h2-5,8,13,18H,6-7,9-11H2,1H3/t13-,18+/m0/s1. The van der Waals surface area contributed by atoms with Crippen LogP contribution in [-0.4, -0.2) is 61.6 Å². The summed E-state index contributed by atoms with van der Waals surface area (Å²) in [6.45, 7) is 2.41. The van der Waals surface area contributed by atoms with Crippen LogP contribution in [0.4, 0.5) is 8.78 Å². The summed E-state index contributed by atoms with van der Waals surface area (Å²) in [5.74, 6) is -1.36. The van der Waals surface area contributed by atoms with E-state index in [-0.39, 0.29) is 33.5 Å². The molecule has 1 amide bonds. The van der Waals surface area contributed by atoms with Crippen LogP contribution in [0.5, 0.6) is 5.75 Å². The maximum absolute atomic E-state index is 14.3. The molecule has 0 N–H and O–H groups in total. The van der Waals surface area contributed by atoms with Crippen molar-refractivity contribution in [3.8, 4) is 5.75 Å². The number of halogens is 4. The van der Waals surface area contributed by atoms with E-state index in [2.05, 4.69) is 4.90 Å². The van der Waals surface area contributed by atoms with Gasteiger partial charge in [0.25, 0.3) is 5.91 Å². The Morgan fingerprint density at radius 1 is 1.13 bits per heavy atom. The van der Waals surface area contributed by atoms with Crippen LogP contribution in [0, 0.1) is 11.6 Å². The lowest BCUT2D eigenvalue weighted by atomic mass is 10.0. The number of benzene rings is 2. The van der Waals surface area contributed by atoms with Crippen molar-refractivity contribution in [2.45, 2.75) is 12.1 Å². The topological polar surface area (TPSA) is 42.0 Å². The van der Waals surface area contributed by atoms with Gasteiger partial charge in [0.1, 0.15) is 17.4 Å². The van der Waals surface area contributed by atoms with Crippen molar-refractivity contribution in [2.24, 2.45) is 0 Å². The van der Waals surface area contributed by atoms with Gasteiger partial charge >= 0.3 is 0 Å². The molecule has 2 aromatic rings. The molecule has 0 radical (unpaired) electrons. The molecular weight excluding hydrogens is 437 g/mol. The minimum Gasteiger partial charge on any atom is -0.495 e. The van der Waals surface area contributed by atoms with Crippen LogP contribution in [0.1, 0.15) is 22.0 Å². The van der Waals surface area contributed by atoms with Gasteiger partial charge in [0.2, 0.25) is 0 Å². The number of morpholine rings is 1. The van der Waals surface area contributed by atoms with E-state index in [1.54, 1.807) is 17.0 Å². The summed E-state index contributed by atoms with van der Waals surface area (Å²) in [5, 5.41) is 0.0314. The Morgan fingerprint density at radius 2 is 1.90 bits per heavy atom. The number of methoxy groups -OCH3 is 1. The summed E-state index contributed by atoms with van der Waals surface area (Å²) in [7, 11) is 1.41. The first-order valence-electron chi connectivity index (χ1n) is 9.51. The molecule has 9 heteroatoms. The molecule has 0 unspecified atom stereocenters. The molecule has 4 rings (SSSR count). The number of amides is 1. The molecule has 2 fully saturated rings. The van der Waals surface area contributed by atoms with Crippen LogP contribution in [0.3, 0.4) is 0 Å². The summed E-state index contributed by atoms with van der Waals surface area (Å²) in [5.41, 5.74) is 0.628. The highest BCUT2D eigenvalue weighted by Crippen LogP contribution is 2.33. The second-order valence-electron chi connectivity index (χ2n) is 7.33. The quantitative estimate of drug-likeness (QED) is 0.694. The van der Waals surface area contributed by atoms with Gasteiger partial charge in [-0.15, -0.1) is 0 Å². The van der Waals surface area contributed by atoms with Gasteiger partial charge < -0.3 is 14.4 Å².